The van der Waals surface area contributed by atoms with Crippen LogP contribution in [0.1, 0.15) is 156 Å². The van der Waals surface area contributed by atoms with Crippen LogP contribution in [0.5, 0.6) is 0 Å². The van der Waals surface area contributed by atoms with E-state index in [1.807, 2.05) is 13.8 Å². The van der Waals surface area contributed by atoms with E-state index in [4.69, 9.17) is 40.1 Å². The topological polar surface area (TPSA) is 577 Å². The Labute approximate surface area is 590 Å². The van der Waals surface area contributed by atoms with Crippen LogP contribution in [0.25, 0.3) is 0 Å². The normalized spacial score (nSPS) is 15.1. The van der Waals surface area contributed by atoms with Crippen molar-refractivity contribution in [2.24, 2.45) is 62.9 Å². The fourth-order valence-electron chi connectivity index (χ4n) is 10.6. The van der Waals surface area contributed by atoms with Crippen LogP contribution in [0.2, 0.25) is 0 Å². The average molecular weight is 1420 g/mol. The fourth-order valence-corrected chi connectivity index (χ4v) is 10.6. The lowest BCUT2D eigenvalue weighted by Crippen LogP contribution is -2.62. The number of amides is 12. The summed E-state index contributed by atoms with van der Waals surface area (Å²) in [6.07, 6.45) is -1.33. The summed E-state index contributed by atoms with van der Waals surface area (Å²) >= 11 is 0. The number of primary amides is 2. The van der Waals surface area contributed by atoms with Gasteiger partial charge in [0, 0.05) is 32.2 Å². The Bertz CT molecular complexity index is 3030. The molecule has 0 bridgehead atoms. The Balaban J connectivity index is 2.57. The third kappa shape index (κ3) is 34.5. The van der Waals surface area contributed by atoms with Crippen LogP contribution < -0.4 is 93.3 Å². The summed E-state index contributed by atoms with van der Waals surface area (Å²) in [7, 11) is 0. The third-order valence-corrected chi connectivity index (χ3v) is 16.4. The predicted octanol–water partition coefficient (Wildman–Crippen LogP) is -2.91. The van der Waals surface area contributed by atoms with Gasteiger partial charge in [-0.25, -0.2) is 4.79 Å². The molecule has 564 valence electrons. The lowest BCUT2D eigenvalue weighted by Gasteiger charge is -2.30. The summed E-state index contributed by atoms with van der Waals surface area (Å²) in [4.78, 5) is 183. The molecule has 101 heavy (non-hydrogen) atoms. The van der Waals surface area contributed by atoms with Crippen molar-refractivity contribution < 1.29 is 72.5 Å². The number of carbonyl (C=O) groups excluding carboxylic acids is 12. The molecule has 33 heteroatoms. The van der Waals surface area contributed by atoms with Crippen LogP contribution >= 0.6 is 0 Å². The van der Waals surface area contributed by atoms with Crippen molar-refractivity contribution in [2.45, 2.75) is 230 Å². The Morgan fingerprint density at radius 1 is 0.416 bits per heavy atom. The van der Waals surface area contributed by atoms with Gasteiger partial charge in [0.25, 0.3) is 0 Å². The number of hydrogen-bond donors (Lipinski definition) is 19. The predicted molar refractivity (Wildman–Crippen MR) is 378 cm³/mol. The molecule has 0 radical (unpaired) electrons. The quantitative estimate of drug-likeness (QED) is 0.0179. The van der Waals surface area contributed by atoms with Gasteiger partial charge in [-0.05, 0) is 120 Å². The van der Waals surface area contributed by atoms with Crippen LogP contribution in [0.4, 0.5) is 0 Å². The molecule has 0 aliphatic carbocycles. The van der Waals surface area contributed by atoms with Gasteiger partial charge in [-0.1, -0.05) is 115 Å². The molecule has 0 unspecified atom stereocenters. The molecule has 33 nitrogen and oxygen atoms in total. The third-order valence-electron chi connectivity index (χ3n) is 16.4. The average Bonchev–Trinajstić information content (AvgIpc) is 0.852. The first-order valence-corrected chi connectivity index (χ1v) is 34.5. The molecule has 0 spiro atoms. The van der Waals surface area contributed by atoms with E-state index in [-0.39, 0.29) is 88.7 Å². The minimum absolute atomic E-state index is 0.0278. The molecule has 0 saturated heterocycles. The monoisotopic (exact) mass is 1420 g/mol. The SMILES string of the molecule is CC[C@H](C)[C@H](NC(=O)[C@H](CCC(N)=O)NC(=O)[C@H](CCCCN)NC(=O)[C@H](Cc1ccccc1)NC(=O)[C@@H](NC(=O)[C@H](CCC(N)=O)NC(=O)[C@H](CC(C)C)NC(=O)[C@H](CC(C)C)NC(=O)[C@@H](N)CCCCN)[C@@H](C)O)C(=O)N[C@@H](Cc1ccccc1)C(=O)N[C@@H](CCCN=C(N)N)C(=O)O. The summed E-state index contributed by atoms with van der Waals surface area (Å²) in [5.41, 5.74) is 40.5. The molecule has 0 aromatic heterocycles. The van der Waals surface area contributed by atoms with Crippen molar-refractivity contribution in [3.63, 3.8) is 0 Å². The van der Waals surface area contributed by atoms with Gasteiger partial charge < -0.3 is 104 Å². The maximum Gasteiger partial charge on any atom is 0.326 e. The first-order chi connectivity index (χ1) is 47.7. The highest BCUT2D eigenvalue weighted by molar-refractivity contribution is 5.99. The Morgan fingerprint density at radius 2 is 0.762 bits per heavy atom. The largest absolute Gasteiger partial charge is 0.480 e. The number of benzene rings is 2. The van der Waals surface area contributed by atoms with Crippen LogP contribution in [-0.2, 0) is 75.2 Å². The number of rotatable bonds is 50. The van der Waals surface area contributed by atoms with Crippen LogP contribution in [0, 0.1) is 17.8 Å². The van der Waals surface area contributed by atoms with Crippen LogP contribution in [-0.4, -0.2) is 185 Å². The highest BCUT2D eigenvalue weighted by atomic mass is 16.4. The number of carbonyl (C=O) groups is 13. The summed E-state index contributed by atoms with van der Waals surface area (Å²) < 4.78 is 0. The second kappa shape index (κ2) is 46.9. The zero-order chi connectivity index (χ0) is 75.9. The first-order valence-electron chi connectivity index (χ1n) is 34.5. The van der Waals surface area contributed by atoms with E-state index in [2.05, 4.69) is 58.2 Å². The number of guanidine groups is 1. The van der Waals surface area contributed by atoms with E-state index in [9.17, 15) is 72.5 Å². The van der Waals surface area contributed by atoms with Crippen molar-refractivity contribution in [2.75, 3.05) is 19.6 Å². The number of carboxylic acids is 1. The van der Waals surface area contributed by atoms with Crippen LogP contribution in [0.15, 0.2) is 65.7 Å². The van der Waals surface area contributed by atoms with Gasteiger partial charge in [0.1, 0.15) is 60.4 Å². The van der Waals surface area contributed by atoms with E-state index in [1.54, 1.807) is 88.4 Å². The molecule has 2 aromatic carbocycles. The molecule has 2 rings (SSSR count). The lowest BCUT2D eigenvalue weighted by molar-refractivity contribution is -0.142. The van der Waals surface area contributed by atoms with E-state index in [1.165, 1.54) is 0 Å². The Morgan fingerprint density at radius 3 is 1.16 bits per heavy atom. The number of nitrogens with one attached hydrogen (secondary N) is 10. The second-order valence-electron chi connectivity index (χ2n) is 26.2. The first kappa shape index (κ1) is 87.7. The van der Waals surface area contributed by atoms with E-state index in [0.29, 0.717) is 43.4 Å². The van der Waals surface area contributed by atoms with Crippen molar-refractivity contribution in [3.8, 4) is 0 Å². The highest BCUT2D eigenvalue weighted by Gasteiger charge is 2.38. The summed E-state index contributed by atoms with van der Waals surface area (Å²) in [5.74, 6) is -13.4. The number of hydrogen-bond acceptors (Lipinski definition) is 18. The summed E-state index contributed by atoms with van der Waals surface area (Å²) in [5, 5.41) is 47.2. The minimum Gasteiger partial charge on any atom is -0.480 e. The number of nitrogens with zero attached hydrogens (tertiary/aromatic N) is 1. The zero-order valence-electron chi connectivity index (χ0n) is 59.3. The molecular weight excluding hydrogens is 1310 g/mol. The van der Waals surface area contributed by atoms with Crippen molar-refractivity contribution in [3.05, 3.63) is 71.8 Å². The molecule has 2 aromatic rings. The standard InChI is InChI=1S/C68H112N18O15/c1-8-40(6)55(65(98)83-52(37-43-22-13-10-14-23-43)64(97)80-48(67(100)101)26-19-33-76-68(74)75)85-59(92)46(27-29-53(72)88)78-58(91)45(25-16-18-32-70)77-63(96)51(36-42-20-11-9-12-21-42)84-66(99)56(41(7)87)86-60(93)47(28-30-54(73)89)79-61(94)50(35-39(4)5)82-62(95)49(34-38(2)3)81-57(90)44(71)24-15-17-31-69/h9-14,20-23,38-41,44-52,55-56,87H,8,15-19,24-37,69-71H2,1-7H3,(H2,72,88)(H2,73,89)(H,77,96)(H,78,91)(H,79,94)(H,80,97)(H,81,90)(H,82,95)(H,83,98)(H,84,99)(H,85,92)(H,86,93)(H,100,101)(H4,74,75,76)/t40-,41+,44-,45-,46-,47-,48-,49-,50-,51-,52-,55-,56-/m0/s1. The minimum atomic E-state index is -1.88. The van der Waals surface area contributed by atoms with Gasteiger partial charge in [-0.3, -0.25) is 62.5 Å². The van der Waals surface area contributed by atoms with Crippen LogP contribution in [0.3, 0.4) is 0 Å². The summed E-state index contributed by atoms with van der Waals surface area (Å²) in [6, 6.07) is 0.955. The molecule has 0 heterocycles. The van der Waals surface area contributed by atoms with Gasteiger partial charge in [0.05, 0.1) is 12.1 Å². The second-order valence-corrected chi connectivity index (χ2v) is 26.2. The molecular formula is C68H112N18O15. The zero-order valence-corrected chi connectivity index (χ0v) is 59.3. The van der Waals surface area contributed by atoms with Crippen molar-refractivity contribution in [1.29, 1.82) is 0 Å². The smallest absolute Gasteiger partial charge is 0.326 e. The number of aliphatic carboxylic acids is 1. The molecule has 0 aliphatic heterocycles. The van der Waals surface area contributed by atoms with Gasteiger partial charge in [-0.15, -0.1) is 0 Å². The molecule has 26 N–H and O–H groups in total. The number of aliphatic imine (C=N–C) groups is 1. The Kier molecular flexibility index (Phi) is 40.7. The molecule has 0 saturated carbocycles. The fraction of sp³-hybridized carbons (Fsp3) is 0.618. The van der Waals surface area contributed by atoms with E-state index >= 15 is 0 Å². The highest BCUT2D eigenvalue weighted by Crippen LogP contribution is 2.16. The Hall–Kier alpha value is -9.34. The van der Waals surface area contributed by atoms with Crippen molar-refractivity contribution in [1.82, 2.24) is 53.2 Å². The molecule has 0 aliphatic rings. The number of aliphatic hydroxyl groups excluding tert-OH is 1. The lowest BCUT2D eigenvalue weighted by atomic mass is 9.96. The van der Waals surface area contributed by atoms with Gasteiger partial charge >= 0.3 is 5.97 Å². The number of carboxylic acid groups (broad SMARTS) is 1. The number of nitrogens with two attached hydrogens (primary N) is 7. The molecule has 0 fully saturated rings. The maximum atomic E-state index is 14.8. The van der Waals surface area contributed by atoms with E-state index in [0.717, 1.165) is 6.92 Å². The van der Waals surface area contributed by atoms with Crippen molar-refractivity contribution >= 4 is 82.8 Å². The van der Waals surface area contributed by atoms with Gasteiger partial charge in [0.2, 0.25) is 70.9 Å². The van der Waals surface area contributed by atoms with Gasteiger partial charge in [-0.2, -0.15) is 0 Å². The number of unbranched alkanes of at least 4 members (excludes halogenated alkanes) is 2. The van der Waals surface area contributed by atoms with Gasteiger partial charge in [0.15, 0.2) is 5.96 Å². The maximum absolute atomic E-state index is 14.8. The summed E-state index contributed by atoms with van der Waals surface area (Å²) in [6.45, 7) is 12.4. The van der Waals surface area contributed by atoms with E-state index < -0.39 is 181 Å². The molecule has 13 atom stereocenters. The molecule has 12 amide bonds. The number of aliphatic hydroxyl groups is 1.